The molecule has 0 atom stereocenters. The molecule has 14 heavy (non-hydrogen) atoms. The van der Waals surface area contributed by atoms with Crippen LogP contribution in [0.15, 0.2) is 12.1 Å². The summed E-state index contributed by atoms with van der Waals surface area (Å²) < 4.78 is 4.97. The van der Waals surface area contributed by atoms with E-state index in [0.717, 1.165) is 0 Å². The molecule has 1 aromatic rings. The van der Waals surface area contributed by atoms with E-state index < -0.39 is 7.12 Å². The molecule has 2 N–H and O–H groups in total. The van der Waals surface area contributed by atoms with Crippen molar-refractivity contribution in [3.8, 4) is 5.88 Å². The lowest BCUT2D eigenvalue weighted by molar-refractivity contribution is 0.395. The third kappa shape index (κ3) is 2.24. The number of nitrogens with zero attached hydrogens (tertiary/aromatic N) is 1. The van der Waals surface area contributed by atoms with E-state index in [1.165, 1.54) is 7.11 Å². The highest BCUT2D eigenvalue weighted by Crippen LogP contribution is 2.13. The number of pyridine rings is 1. The fourth-order valence-electron chi connectivity index (χ4n) is 1.26. The van der Waals surface area contributed by atoms with Crippen molar-refractivity contribution in [2.45, 2.75) is 19.8 Å². The Kier molecular flexibility index (Phi) is 3.49. The van der Waals surface area contributed by atoms with E-state index in [1.54, 1.807) is 12.1 Å². The molecule has 76 valence electrons. The van der Waals surface area contributed by atoms with E-state index >= 15 is 0 Å². The fraction of sp³-hybridized carbons (Fsp3) is 0.444. The van der Waals surface area contributed by atoms with Crippen molar-refractivity contribution in [3.05, 3.63) is 17.8 Å². The van der Waals surface area contributed by atoms with Crippen molar-refractivity contribution in [2.24, 2.45) is 0 Å². The summed E-state index contributed by atoms with van der Waals surface area (Å²) in [7, 11) is 0.0485. The normalized spacial score (nSPS) is 10.4. The Morgan fingerprint density at radius 3 is 2.43 bits per heavy atom. The second-order valence-electron chi connectivity index (χ2n) is 3.36. The smallest absolute Gasteiger partial charge is 0.481 e. The van der Waals surface area contributed by atoms with Crippen molar-refractivity contribution in [1.29, 1.82) is 0 Å². The average Bonchev–Trinajstić information content (AvgIpc) is 2.16. The maximum Gasteiger partial charge on any atom is 0.490 e. The van der Waals surface area contributed by atoms with Crippen LogP contribution in [0.2, 0.25) is 0 Å². The first-order valence-corrected chi connectivity index (χ1v) is 4.47. The first kappa shape index (κ1) is 11.0. The maximum absolute atomic E-state index is 9.09. The number of hydrogen-bond acceptors (Lipinski definition) is 4. The van der Waals surface area contributed by atoms with Gasteiger partial charge in [-0.1, -0.05) is 19.9 Å². The van der Waals surface area contributed by atoms with Gasteiger partial charge in [-0.05, 0) is 12.0 Å². The fourth-order valence-corrected chi connectivity index (χ4v) is 1.26. The monoisotopic (exact) mass is 195 g/mol. The molecule has 0 radical (unpaired) electrons. The van der Waals surface area contributed by atoms with Crippen molar-refractivity contribution in [3.63, 3.8) is 0 Å². The molecule has 1 aromatic heterocycles. The lowest BCUT2D eigenvalue weighted by Gasteiger charge is -2.12. The van der Waals surface area contributed by atoms with E-state index in [2.05, 4.69) is 4.98 Å². The first-order chi connectivity index (χ1) is 6.56. The van der Waals surface area contributed by atoms with E-state index in [4.69, 9.17) is 14.8 Å². The molecule has 0 amide bonds. The molecule has 0 saturated heterocycles. The second-order valence-corrected chi connectivity index (χ2v) is 3.36. The Labute approximate surface area is 83.7 Å². The lowest BCUT2D eigenvalue weighted by Crippen LogP contribution is -2.34. The maximum atomic E-state index is 9.09. The van der Waals surface area contributed by atoms with Gasteiger partial charge in [0.05, 0.1) is 7.11 Å². The molecule has 4 nitrogen and oxygen atoms in total. The van der Waals surface area contributed by atoms with Gasteiger partial charge in [-0.3, -0.25) is 0 Å². The molecule has 0 aliphatic rings. The molecule has 0 spiro atoms. The summed E-state index contributed by atoms with van der Waals surface area (Å²) in [5.41, 5.74) is 1.08. The van der Waals surface area contributed by atoms with Gasteiger partial charge in [0.25, 0.3) is 0 Å². The zero-order chi connectivity index (χ0) is 10.7. The molecule has 0 aliphatic carbocycles. The van der Waals surface area contributed by atoms with Crippen LogP contribution < -0.4 is 10.2 Å². The predicted octanol–water partition coefficient (Wildman–Crippen LogP) is -0.107. The van der Waals surface area contributed by atoms with Crippen molar-refractivity contribution >= 4 is 12.6 Å². The Hall–Kier alpha value is -1.07. The molecule has 0 unspecified atom stereocenters. The van der Waals surface area contributed by atoms with Gasteiger partial charge < -0.3 is 14.8 Å². The van der Waals surface area contributed by atoms with Gasteiger partial charge in [0.1, 0.15) is 0 Å². The quantitative estimate of drug-likeness (QED) is 0.660. The van der Waals surface area contributed by atoms with Crippen LogP contribution in [0, 0.1) is 0 Å². The standard InChI is InChI=1S/C9H14BNO3/c1-6(2)9-7(10(12)13)4-5-8(11-9)14-3/h4-6,12-13H,1-3H3. The molecule has 1 heterocycles. The average molecular weight is 195 g/mol. The summed E-state index contributed by atoms with van der Waals surface area (Å²) in [5.74, 6) is 0.611. The van der Waals surface area contributed by atoms with E-state index in [1.807, 2.05) is 13.8 Å². The van der Waals surface area contributed by atoms with Crippen LogP contribution in [0.25, 0.3) is 0 Å². The SMILES string of the molecule is COc1ccc(B(O)O)c(C(C)C)n1. The van der Waals surface area contributed by atoms with Gasteiger partial charge in [0.15, 0.2) is 0 Å². The third-order valence-electron chi connectivity index (χ3n) is 1.97. The zero-order valence-corrected chi connectivity index (χ0v) is 8.56. The van der Waals surface area contributed by atoms with Crippen molar-refractivity contribution < 1.29 is 14.8 Å². The lowest BCUT2D eigenvalue weighted by atomic mass is 9.77. The molecule has 0 bridgehead atoms. The van der Waals surface area contributed by atoms with Gasteiger partial charge in [-0.2, -0.15) is 0 Å². The summed E-state index contributed by atoms with van der Waals surface area (Å²) in [6.45, 7) is 3.88. The first-order valence-electron chi connectivity index (χ1n) is 4.47. The van der Waals surface area contributed by atoms with Gasteiger partial charge in [-0.25, -0.2) is 4.98 Å². The molecule has 0 aliphatic heterocycles. The van der Waals surface area contributed by atoms with Crippen LogP contribution in [0.3, 0.4) is 0 Å². The van der Waals surface area contributed by atoms with Gasteiger partial charge >= 0.3 is 7.12 Å². The Morgan fingerprint density at radius 1 is 1.36 bits per heavy atom. The minimum atomic E-state index is -1.48. The van der Waals surface area contributed by atoms with Crippen LogP contribution in [0.1, 0.15) is 25.5 Å². The molecule has 0 aromatic carbocycles. The van der Waals surface area contributed by atoms with Crippen LogP contribution in [0.5, 0.6) is 5.88 Å². The van der Waals surface area contributed by atoms with E-state index in [9.17, 15) is 0 Å². The molecule has 0 fully saturated rings. The van der Waals surface area contributed by atoms with Crippen LogP contribution in [0.4, 0.5) is 0 Å². The predicted molar refractivity (Wildman–Crippen MR) is 54.7 cm³/mol. The number of ether oxygens (including phenoxy) is 1. The number of hydrogen-bond donors (Lipinski definition) is 2. The topological polar surface area (TPSA) is 62.6 Å². The van der Waals surface area contributed by atoms with Gasteiger partial charge in [0, 0.05) is 11.2 Å². The summed E-state index contributed by atoms with van der Waals surface area (Å²) in [6.07, 6.45) is 0. The Morgan fingerprint density at radius 2 is 2.00 bits per heavy atom. The summed E-state index contributed by atoms with van der Waals surface area (Å²) >= 11 is 0. The zero-order valence-electron chi connectivity index (χ0n) is 8.56. The van der Waals surface area contributed by atoms with Crippen molar-refractivity contribution in [2.75, 3.05) is 7.11 Å². The van der Waals surface area contributed by atoms with Crippen LogP contribution in [-0.4, -0.2) is 29.3 Å². The highest BCUT2D eigenvalue weighted by molar-refractivity contribution is 6.59. The highest BCUT2D eigenvalue weighted by Gasteiger charge is 2.19. The molecule has 1 rings (SSSR count). The number of aromatic nitrogens is 1. The molecule has 5 heteroatoms. The Balaban J connectivity index is 3.17. The van der Waals surface area contributed by atoms with Gasteiger partial charge in [-0.15, -0.1) is 0 Å². The molecule has 0 saturated carbocycles. The summed E-state index contributed by atoms with van der Waals surface area (Å²) in [4.78, 5) is 4.17. The van der Waals surface area contributed by atoms with Crippen LogP contribution >= 0.6 is 0 Å². The highest BCUT2D eigenvalue weighted by atomic mass is 16.5. The van der Waals surface area contributed by atoms with Crippen LogP contribution in [-0.2, 0) is 0 Å². The minimum absolute atomic E-state index is 0.127. The second kappa shape index (κ2) is 4.44. The summed E-state index contributed by atoms with van der Waals surface area (Å²) in [6, 6.07) is 3.23. The van der Waals surface area contributed by atoms with Gasteiger partial charge in [0.2, 0.25) is 5.88 Å². The van der Waals surface area contributed by atoms with E-state index in [-0.39, 0.29) is 5.92 Å². The third-order valence-corrected chi connectivity index (χ3v) is 1.97. The Bertz CT molecular complexity index is 315. The number of rotatable bonds is 3. The largest absolute Gasteiger partial charge is 0.490 e. The number of methoxy groups -OCH3 is 1. The molecular weight excluding hydrogens is 181 g/mol. The molecular formula is C9H14BNO3. The van der Waals surface area contributed by atoms with Crippen molar-refractivity contribution in [1.82, 2.24) is 4.98 Å². The summed E-state index contributed by atoms with van der Waals surface area (Å²) in [5, 5.41) is 18.2. The minimum Gasteiger partial charge on any atom is -0.481 e. The van der Waals surface area contributed by atoms with E-state index in [0.29, 0.717) is 17.0 Å².